The SMILES string of the molecule is C.CCc1cccc2c1N(CC)CCC2. The zero-order valence-corrected chi connectivity index (χ0v) is 9.21. The van der Waals surface area contributed by atoms with Crippen LogP contribution in [0.2, 0.25) is 0 Å². The van der Waals surface area contributed by atoms with Crippen molar-refractivity contribution in [2.45, 2.75) is 40.5 Å². The maximum Gasteiger partial charge on any atom is 0.0431 e. The molecule has 0 saturated carbocycles. The highest BCUT2D eigenvalue weighted by atomic mass is 15.1. The van der Waals surface area contributed by atoms with Crippen molar-refractivity contribution in [1.29, 1.82) is 0 Å². The summed E-state index contributed by atoms with van der Waals surface area (Å²) in [5.41, 5.74) is 4.60. The minimum atomic E-state index is 0. The molecule has 0 N–H and O–H groups in total. The topological polar surface area (TPSA) is 3.24 Å². The van der Waals surface area contributed by atoms with E-state index in [-0.39, 0.29) is 7.43 Å². The number of benzene rings is 1. The summed E-state index contributed by atoms with van der Waals surface area (Å²) in [6.45, 7) is 6.88. The summed E-state index contributed by atoms with van der Waals surface area (Å²) in [5.74, 6) is 0. The van der Waals surface area contributed by atoms with Crippen LogP contribution in [0, 0.1) is 0 Å². The van der Waals surface area contributed by atoms with Crippen molar-refractivity contribution in [1.82, 2.24) is 0 Å². The van der Waals surface area contributed by atoms with E-state index in [1.54, 1.807) is 5.56 Å². The van der Waals surface area contributed by atoms with Gasteiger partial charge in [-0.1, -0.05) is 32.5 Å². The first-order chi connectivity index (χ1) is 6.86. The van der Waals surface area contributed by atoms with Gasteiger partial charge in [0.05, 0.1) is 0 Å². The van der Waals surface area contributed by atoms with Crippen molar-refractivity contribution in [2.24, 2.45) is 0 Å². The molecule has 1 aromatic carbocycles. The molecule has 15 heavy (non-hydrogen) atoms. The molecule has 1 aliphatic heterocycles. The summed E-state index contributed by atoms with van der Waals surface area (Å²) in [6.07, 6.45) is 3.73. The molecule has 2 rings (SSSR count). The molecular formula is C14H23N. The van der Waals surface area contributed by atoms with E-state index in [9.17, 15) is 0 Å². The summed E-state index contributed by atoms with van der Waals surface area (Å²) in [7, 11) is 0. The molecule has 0 atom stereocenters. The molecule has 0 amide bonds. The van der Waals surface area contributed by atoms with E-state index in [0.717, 1.165) is 13.0 Å². The Labute approximate surface area is 94.1 Å². The predicted molar refractivity (Wildman–Crippen MR) is 68.8 cm³/mol. The van der Waals surface area contributed by atoms with Gasteiger partial charge in [0.25, 0.3) is 0 Å². The second-order valence-corrected chi connectivity index (χ2v) is 3.96. The van der Waals surface area contributed by atoms with Crippen LogP contribution >= 0.6 is 0 Å². The van der Waals surface area contributed by atoms with Crippen LogP contribution in [0.25, 0.3) is 0 Å². The fourth-order valence-corrected chi connectivity index (χ4v) is 2.43. The molecule has 0 unspecified atom stereocenters. The lowest BCUT2D eigenvalue weighted by atomic mass is 9.96. The van der Waals surface area contributed by atoms with Gasteiger partial charge >= 0.3 is 0 Å². The predicted octanol–water partition coefficient (Wildman–Crippen LogP) is 3.66. The number of nitrogens with zero attached hydrogens (tertiary/aromatic N) is 1. The van der Waals surface area contributed by atoms with Crippen LogP contribution in [0.3, 0.4) is 0 Å². The summed E-state index contributed by atoms with van der Waals surface area (Å²) in [4.78, 5) is 2.53. The minimum Gasteiger partial charge on any atom is -0.371 e. The molecule has 84 valence electrons. The van der Waals surface area contributed by atoms with Crippen molar-refractivity contribution in [2.75, 3.05) is 18.0 Å². The molecule has 1 nitrogen and oxygen atoms in total. The van der Waals surface area contributed by atoms with E-state index in [0.29, 0.717) is 0 Å². The van der Waals surface area contributed by atoms with Crippen molar-refractivity contribution in [3.8, 4) is 0 Å². The molecule has 0 bridgehead atoms. The fraction of sp³-hybridized carbons (Fsp3) is 0.571. The van der Waals surface area contributed by atoms with Crippen LogP contribution in [0.1, 0.15) is 38.8 Å². The zero-order chi connectivity index (χ0) is 9.97. The Kier molecular flexibility index (Phi) is 4.19. The third-order valence-corrected chi connectivity index (χ3v) is 3.16. The van der Waals surface area contributed by atoms with Gasteiger partial charge in [0, 0.05) is 18.8 Å². The standard InChI is InChI=1S/C13H19N.CH4/c1-3-11-7-5-8-12-9-6-10-14(4-2)13(11)12;/h5,7-8H,3-4,6,9-10H2,1-2H3;1H4. The van der Waals surface area contributed by atoms with Crippen LogP contribution in [-0.4, -0.2) is 13.1 Å². The highest BCUT2D eigenvalue weighted by Crippen LogP contribution is 2.30. The summed E-state index contributed by atoms with van der Waals surface area (Å²) >= 11 is 0. The molecule has 0 saturated heterocycles. The highest BCUT2D eigenvalue weighted by Gasteiger charge is 2.17. The molecule has 1 heterocycles. The minimum absolute atomic E-state index is 0. The van der Waals surface area contributed by atoms with Crippen LogP contribution in [0.4, 0.5) is 5.69 Å². The first kappa shape index (κ1) is 12.1. The molecular weight excluding hydrogens is 182 g/mol. The number of hydrogen-bond acceptors (Lipinski definition) is 1. The van der Waals surface area contributed by atoms with Crippen LogP contribution < -0.4 is 4.90 Å². The average Bonchev–Trinajstić information content (AvgIpc) is 2.27. The van der Waals surface area contributed by atoms with E-state index in [2.05, 4.69) is 36.9 Å². The lowest BCUT2D eigenvalue weighted by Crippen LogP contribution is -2.29. The van der Waals surface area contributed by atoms with Crippen LogP contribution in [-0.2, 0) is 12.8 Å². The monoisotopic (exact) mass is 205 g/mol. The zero-order valence-electron chi connectivity index (χ0n) is 9.21. The van der Waals surface area contributed by atoms with E-state index in [1.165, 1.54) is 30.6 Å². The van der Waals surface area contributed by atoms with Crippen LogP contribution in [0.5, 0.6) is 0 Å². The smallest absolute Gasteiger partial charge is 0.0431 e. The number of anilines is 1. The molecule has 1 aliphatic rings. The third-order valence-electron chi connectivity index (χ3n) is 3.16. The van der Waals surface area contributed by atoms with Crippen molar-refractivity contribution >= 4 is 5.69 Å². The Morgan fingerprint density at radius 2 is 2.07 bits per heavy atom. The number of rotatable bonds is 2. The van der Waals surface area contributed by atoms with Crippen molar-refractivity contribution < 1.29 is 0 Å². The molecule has 1 heteroatoms. The van der Waals surface area contributed by atoms with E-state index in [4.69, 9.17) is 0 Å². The largest absolute Gasteiger partial charge is 0.371 e. The molecule has 0 fully saturated rings. The van der Waals surface area contributed by atoms with Gasteiger partial charge in [0.2, 0.25) is 0 Å². The van der Waals surface area contributed by atoms with Crippen molar-refractivity contribution in [3.63, 3.8) is 0 Å². The second-order valence-electron chi connectivity index (χ2n) is 3.96. The number of aryl methyl sites for hydroxylation is 2. The van der Waals surface area contributed by atoms with Crippen molar-refractivity contribution in [3.05, 3.63) is 29.3 Å². The van der Waals surface area contributed by atoms with Gasteiger partial charge < -0.3 is 4.90 Å². The van der Waals surface area contributed by atoms with Gasteiger partial charge in [-0.25, -0.2) is 0 Å². The lowest BCUT2D eigenvalue weighted by molar-refractivity contribution is 0.703. The van der Waals surface area contributed by atoms with E-state index in [1.807, 2.05) is 0 Å². The molecule has 0 spiro atoms. The van der Waals surface area contributed by atoms with Gasteiger partial charge in [0.1, 0.15) is 0 Å². The Hall–Kier alpha value is -0.980. The summed E-state index contributed by atoms with van der Waals surface area (Å²) < 4.78 is 0. The lowest BCUT2D eigenvalue weighted by Gasteiger charge is -2.32. The third kappa shape index (κ3) is 2.17. The van der Waals surface area contributed by atoms with Gasteiger partial charge in [-0.15, -0.1) is 0 Å². The second kappa shape index (κ2) is 5.20. The van der Waals surface area contributed by atoms with E-state index < -0.39 is 0 Å². The molecule has 0 aromatic heterocycles. The van der Waals surface area contributed by atoms with Gasteiger partial charge in [-0.3, -0.25) is 0 Å². The maximum absolute atomic E-state index is 2.53. The first-order valence-electron chi connectivity index (χ1n) is 5.72. The highest BCUT2D eigenvalue weighted by molar-refractivity contribution is 5.61. The molecule has 0 radical (unpaired) electrons. The fourth-order valence-electron chi connectivity index (χ4n) is 2.43. The number of fused-ring (bicyclic) bond motifs is 1. The first-order valence-corrected chi connectivity index (χ1v) is 5.72. The Morgan fingerprint density at radius 1 is 1.27 bits per heavy atom. The molecule has 1 aromatic rings. The maximum atomic E-state index is 2.53. The number of hydrogen-bond donors (Lipinski definition) is 0. The average molecular weight is 205 g/mol. The Balaban J connectivity index is 0.00000112. The summed E-state index contributed by atoms with van der Waals surface area (Å²) in [6, 6.07) is 6.76. The van der Waals surface area contributed by atoms with Gasteiger partial charge in [-0.2, -0.15) is 0 Å². The Morgan fingerprint density at radius 3 is 2.73 bits per heavy atom. The quantitative estimate of drug-likeness (QED) is 0.712. The van der Waals surface area contributed by atoms with Gasteiger partial charge in [-0.05, 0) is 37.3 Å². The van der Waals surface area contributed by atoms with Crippen LogP contribution in [0.15, 0.2) is 18.2 Å². The van der Waals surface area contributed by atoms with E-state index >= 15 is 0 Å². The number of para-hydroxylation sites is 1. The molecule has 0 aliphatic carbocycles. The Bertz CT molecular complexity index is 303. The normalized spacial score (nSPS) is 14.4. The van der Waals surface area contributed by atoms with Gasteiger partial charge in [0.15, 0.2) is 0 Å². The summed E-state index contributed by atoms with van der Waals surface area (Å²) in [5, 5.41) is 0.